The van der Waals surface area contributed by atoms with Crippen LogP contribution in [0, 0.1) is 29.5 Å². The maximum absolute atomic E-state index is 13.0. The number of halogens is 3. The monoisotopic (exact) mass is 545 g/mol. The van der Waals surface area contributed by atoms with Gasteiger partial charge in [0, 0.05) is 16.3 Å². The smallest absolute Gasteiger partial charge is 0.262 e. The van der Waals surface area contributed by atoms with Gasteiger partial charge in [-0.3, -0.25) is 14.4 Å². The summed E-state index contributed by atoms with van der Waals surface area (Å²) < 4.78 is 19.2. The number of benzene rings is 2. The van der Waals surface area contributed by atoms with E-state index in [0.29, 0.717) is 20.7 Å². The van der Waals surface area contributed by atoms with Crippen LogP contribution in [0.1, 0.15) is 12.0 Å². The van der Waals surface area contributed by atoms with Crippen LogP contribution in [-0.2, 0) is 14.4 Å². The van der Waals surface area contributed by atoms with Gasteiger partial charge >= 0.3 is 0 Å². The Hall–Kier alpha value is -3.04. The van der Waals surface area contributed by atoms with Crippen molar-refractivity contribution in [1.29, 1.82) is 0 Å². The Morgan fingerprint density at radius 2 is 1.82 bits per heavy atom. The predicted octanol–water partition coefficient (Wildman–Crippen LogP) is 4.40. The highest BCUT2D eigenvalue weighted by molar-refractivity contribution is 9.10. The second-order valence-corrected chi connectivity index (χ2v) is 9.67. The minimum atomic E-state index is -0.461. The zero-order chi connectivity index (χ0) is 24.0. The molecule has 10 heteroatoms. The third-order valence-corrected chi connectivity index (χ3v) is 7.08. The van der Waals surface area contributed by atoms with E-state index < -0.39 is 11.7 Å². The second-order valence-electron chi connectivity index (χ2n) is 8.38. The van der Waals surface area contributed by atoms with Crippen LogP contribution in [0.2, 0.25) is 5.02 Å². The molecule has 1 heterocycles. The normalized spacial score (nSPS) is 24.9. The number of imide groups is 1. The zero-order valence-electron chi connectivity index (χ0n) is 17.6. The number of hydrazone groups is 1. The van der Waals surface area contributed by atoms with Crippen molar-refractivity contribution in [3.8, 4) is 5.75 Å². The van der Waals surface area contributed by atoms with Gasteiger partial charge < -0.3 is 10.1 Å². The molecule has 2 aromatic rings. The molecule has 5 rings (SSSR count). The van der Waals surface area contributed by atoms with Gasteiger partial charge in [-0.25, -0.2) is 4.39 Å². The summed E-state index contributed by atoms with van der Waals surface area (Å²) in [5.74, 6) is -1.73. The summed E-state index contributed by atoms with van der Waals surface area (Å²) in [5, 5.41) is 8.07. The lowest BCUT2D eigenvalue weighted by atomic mass is 9.85. The van der Waals surface area contributed by atoms with Crippen molar-refractivity contribution in [3.05, 3.63) is 69.4 Å². The van der Waals surface area contributed by atoms with Gasteiger partial charge in [-0.2, -0.15) is 10.1 Å². The van der Waals surface area contributed by atoms with Crippen molar-refractivity contribution in [2.45, 2.75) is 6.42 Å². The van der Waals surface area contributed by atoms with Gasteiger partial charge in [0.25, 0.3) is 17.7 Å². The number of anilines is 1. The topological polar surface area (TPSA) is 88.1 Å². The molecule has 4 atom stereocenters. The first-order valence-corrected chi connectivity index (χ1v) is 11.8. The van der Waals surface area contributed by atoms with Crippen LogP contribution < -0.4 is 10.1 Å². The van der Waals surface area contributed by atoms with E-state index in [1.165, 1.54) is 30.5 Å². The summed E-state index contributed by atoms with van der Waals surface area (Å²) in [6.45, 7) is -0.348. The minimum Gasteiger partial charge on any atom is -0.482 e. The lowest BCUT2D eigenvalue weighted by Crippen LogP contribution is -2.28. The highest BCUT2D eigenvalue weighted by atomic mass is 79.9. The molecule has 1 saturated heterocycles. The molecule has 1 N–H and O–H groups in total. The van der Waals surface area contributed by atoms with Crippen molar-refractivity contribution in [1.82, 2.24) is 5.01 Å². The van der Waals surface area contributed by atoms with Crippen LogP contribution in [0.25, 0.3) is 0 Å². The van der Waals surface area contributed by atoms with Crippen LogP contribution in [0.4, 0.5) is 10.1 Å². The van der Waals surface area contributed by atoms with Gasteiger partial charge in [0.2, 0.25) is 0 Å². The molecule has 3 amide bonds. The molecule has 0 aromatic heterocycles. The number of hydrogen-bond donors (Lipinski definition) is 1. The fourth-order valence-corrected chi connectivity index (χ4v) is 5.77. The van der Waals surface area contributed by atoms with Crippen LogP contribution in [-0.4, -0.2) is 35.6 Å². The number of allylic oxidation sites excluding steroid dienone is 2. The summed E-state index contributed by atoms with van der Waals surface area (Å²) in [6.07, 6.45) is 6.20. The first-order valence-electron chi connectivity index (χ1n) is 10.6. The highest BCUT2D eigenvalue weighted by Gasteiger charge is 2.59. The summed E-state index contributed by atoms with van der Waals surface area (Å²) in [5.41, 5.74) is 0.805. The SMILES string of the molecule is O=C(COc1c(Br)cc(Cl)cc1C=NN1C(=O)[C@@H]2[C@H](C1=O)[C@H]1C=C[C@H]2C1)Nc1ccc(F)cc1. The molecule has 2 fully saturated rings. The van der Waals surface area contributed by atoms with Crippen molar-refractivity contribution >= 4 is 57.2 Å². The lowest BCUT2D eigenvalue weighted by molar-refractivity contribution is -0.140. The molecule has 0 radical (unpaired) electrons. The average Bonchev–Trinajstić information content (AvgIpc) is 3.47. The average molecular weight is 547 g/mol. The van der Waals surface area contributed by atoms with E-state index in [-0.39, 0.29) is 47.8 Å². The molecule has 2 bridgehead atoms. The molecule has 34 heavy (non-hydrogen) atoms. The number of rotatable bonds is 6. The lowest BCUT2D eigenvalue weighted by Gasteiger charge is -2.14. The Bertz CT molecular complexity index is 1220. The molecule has 2 aromatic carbocycles. The molecule has 3 aliphatic rings. The van der Waals surface area contributed by atoms with E-state index >= 15 is 0 Å². The molecular formula is C24H18BrClFN3O4. The quantitative estimate of drug-likeness (QED) is 0.331. The summed E-state index contributed by atoms with van der Waals surface area (Å²) in [4.78, 5) is 38.0. The fourth-order valence-electron chi connectivity index (χ4n) is 4.82. The molecule has 1 aliphatic heterocycles. The van der Waals surface area contributed by atoms with E-state index in [2.05, 4.69) is 26.3 Å². The largest absolute Gasteiger partial charge is 0.482 e. The molecule has 2 aliphatic carbocycles. The maximum atomic E-state index is 13.0. The van der Waals surface area contributed by atoms with E-state index in [0.717, 1.165) is 11.4 Å². The standard InChI is InChI=1S/C24H18BrClFN3O4/c25-18-9-15(26)8-14(22(18)34-11-19(31)29-17-5-3-16(27)4-6-17)10-28-30-23(32)20-12-1-2-13(7-12)21(20)24(30)33/h1-6,8-10,12-13,20-21H,7,11H2,(H,29,31)/t12-,13-,20-,21+/m0/s1. The maximum Gasteiger partial charge on any atom is 0.262 e. The number of nitrogens with one attached hydrogen (secondary N) is 1. The van der Waals surface area contributed by atoms with Crippen molar-refractivity contribution in [2.24, 2.45) is 28.8 Å². The molecule has 174 valence electrons. The van der Waals surface area contributed by atoms with Gasteiger partial charge in [0.05, 0.1) is 22.5 Å². The minimum absolute atomic E-state index is 0.0884. The molecular weight excluding hydrogens is 529 g/mol. The van der Waals surface area contributed by atoms with Crippen molar-refractivity contribution < 1.29 is 23.5 Å². The van der Waals surface area contributed by atoms with Gasteiger partial charge in [-0.1, -0.05) is 23.8 Å². The van der Waals surface area contributed by atoms with Crippen molar-refractivity contribution in [3.63, 3.8) is 0 Å². The summed E-state index contributed by atoms with van der Waals surface area (Å²) in [6, 6.07) is 8.48. The number of hydrogen-bond acceptors (Lipinski definition) is 5. The van der Waals surface area contributed by atoms with Gasteiger partial charge in [-0.05, 0) is 70.6 Å². The third kappa shape index (κ3) is 4.14. The second kappa shape index (κ2) is 8.96. The molecule has 7 nitrogen and oxygen atoms in total. The van der Waals surface area contributed by atoms with Crippen LogP contribution in [0.3, 0.4) is 0 Å². The number of fused-ring (bicyclic) bond motifs is 5. The fraction of sp³-hybridized carbons (Fsp3) is 0.250. The molecule has 0 spiro atoms. The molecule has 0 unspecified atom stereocenters. The highest BCUT2D eigenvalue weighted by Crippen LogP contribution is 2.52. The molecule has 1 saturated carbocycles. The number of ether oxygens (including phenoxy) is 1. The first kappa shape index (κ1) is 22.7. The Morgan fingerprint density at radius 1 is 1.18 bits per heavy atom. The number of nitrogens with zero attached hydrogens (tertiary/aromatic N) is 2. The third-order valence-electron chi connectivity index (χ3n) is 6.27. The van der Waals surface area contributed by atoms with E-state index in [1.54, 1.807) is 12.1 Å². The van der Waals surface area contributed by atoms with Gasteiger partial charge in [0.15, 0.2) is 6.61 Å². The number of amides is 3. The van der Waals surface area contributed by atoms with E-state index in [1.807, 2.05) is 12.2 Å². The van der Waals surface area contributed by atoms with Gasteiger partial charge in [-0.15, -0.1) is 0 Å². The Kier molecular flexibility index (Phi) is 5.99. The van der Waals surface area contributed by atoms with E-state index in [9.17, 15) is 18.8 Å². The van der Waals surface area contributed by atoms with Crippen molar-refractivity contribution in [2.75, 3.05) is 11.9 Å². The number of carbonyl (C=O) groups excluding carboxylic acids is 3. The van der Waals surface area contributed by atoms with Crippen LogP contribution in [0.5, 0.6) is 5.75 Å². The Labute approximate surface area is 207 Å². The summed E-state index contributed by atoms with van der Waals surface area (Å²) >= 11 is 9.53. The van der Waals surface area contributed by atoms with Crippen LogP contribution in [0.15, 0.2) is 58.1 Å². The van der Waals surface area contributed by atoms with Gasteiger partial charge in [0.1, 0.15) is 11.6 Å². The summed E-state index contributed by atoms with van der Waals surface area (Å²) in [7, 11) is 0. The predicted molar refractivity (Wildman–Crippen MR) is 127 cm³/mol. The first-order chi connectivity index (χ1) is 16.3. The number of carbonyl (C=O) groups is 3. The Balaban J connectivity index is 1.31. The Morgan fingerprint density at radius 3 is 2.47 bits per heavy atom. The zero-order valence-corrected chi connectivity index (χ0v) is 19.9. The van der Waals surface area contributed by atoms with Crippen LogP contribution >= 0.6 is 27.5 Å². The van der Waals surface area contributed by atoms with E-state index in [4.69, 9.17) is 16.3 Å².